The summed E-state index contributed by atoms with van der Waals surface area (Å²) in [6.07, 6.45) is 1.77. The number of aromatic nitrogens is 1. The molecule has 0 radical (unpaired) electrons. The number of nitrogens with one attached hydrogen (secondary N) is 1. The van der Waals surface area contributed by atoms with Gasteiger partial charge in [0.2, 0.25) is 5.91 Å². The Labute approximate surface area is 140 Å². The molecular formula is C17H20Cl2N2O. The topological polar surface area (TPSA) is 36.1 Å². The van der Waals surface area contributed by atoms with E-state index in [9.17, 15) is 4.79 Å². The Morgan fingerprint density at radius 2 is 2.23 bits per heavy atom. The number of rotatable bonds is 3. The molecule has 2 heterocycles. The van der Waals surface area contributed by atoms with Crippen LogP contribution in [0, 0.1) is 5.92 Å². The third-order valence-corrected chi connectivity index (χ3v) is 4.81. The lowest BCUT2D eigenvalue weighted by Gasteiger charge is -2.36. The number of hydrogen-bond donors (Lipinski definition) is 1. The Morgan fingerprint density at radius 1 is 1.45 bits per heavy atom. The van der Waals surface area contributed by atoms with Crippen molar-refractivity contribution in [3.63, 3.8) is 0 Å². The molecular weight excluding hydrogens is 319 g/mol. The number of carbonyl (C=O) groups is 1. The zero-order chi connectivity index (χ0) is 15.9. The molecule has 0 saturated carbocycles. The van der Waals surface area contributed by atoms with Crippen LogP contribution in [-0.4, -0.2) is 28.2 Å². The fraction of sp³-hybridized carbons (Fsp3) is 0.471. The summed E-state index contributed by atoms with van der Waals surface area (Å²) in [7, 11) is 0. The van der Waals surface area contributed by atoms with Gasteiger partial charge in [-0.15, -0.1) is 11.6 Å². The predicted molar refractivity (Wildman–Crippen MR) is 91.6 cm³/mol. The highest BCUT2D eigenvalue weighted by atomic mass is 35.5. The van der Waals surface area contributed by atoms with E-state index in [1.54, 1.807) is 0 Å². The van der Waals surface area contributed by atoms with Crippen LogP contribution in [0.5, 0.6) is 0 Å². The smallest absolute Gasteiger partial charge is 0.238 e. The molecule has 3 rings (SSSR count). The Bertz CT molecular complexity index is 708. The van der Waals surface area contributed by atoms with Crippen molar-refractivity contribution < 1.29 is 4.79 Å². The third kappa shape index (κ3) is 2.72. The average molecular weight is 339 g/mol. The predicted octanol–water partition coefficient (Wildman–Crippen LogP) is 4.53. The molecule has 1 amide bonds. The number of benzene rings is 1. The number of halogens is 2. The van der Waals surface area contributed by atoms with Gasteiger partial charge in [0.1, 0.15) is 5.88 Å². The van der Waals surface area contributed by atoms with Crippen molar-refractivity contribution >= 4 is 40.0 Å². The van der Waals surface area contributed by atoms with E-state index in [1.165, 1.54) is 10.9 Å². The number of H-pyrrole nitrogens is 1. The lowest BCUT2D eigenvalue weighted by molar-refractivity contribution is -0.131. The Hall–Kier alpha value is -1.19. The molecule has 1 aliphatic heterocycles. The number of nitrogens with zero attached hydrogens (tertiary/aromatic N) is 1. The van der Waals surface area contributed by atoms with Gasteiger partial charge in [-0.1, -0.05) is 25.4 Å². The lowest BCUT2D eigenvalue weighted by atomic mass is 9.91. The van der Waals surface area contributed by atoms with Crippen LogP contribution in [0.15, 0.2) is 18.2 Å². The molecule has 22 heavy (non-hydrogen) atoms. The molecule has 1 atom stereocenters. The largest absolute Gasteiger partial charge is 0.356 e. The van der Waals surface area contributed by atoms with Gasteiger partial charge in [0.25, 0.3) is 0 Å². The summed E-state index contributed by atoms with van der Waals surface area (Å²) in [5.41, 5.74) is 3.53. The third-order valence-electron chi connectivity index (χ3n) is 4.34. The molecule has 0 bridgehead atoms. The second kappa shape index (κ2) is 6.13. The van der Waals surface area contributed by atoms with Gasteiger partial charge in [-0.3, -0.25) is 4.79 Å². The van der Waals surface area contributed by atoms with Crippen LogP contribution in [-0.2, 0) is 11.2 Å². The van der Waals surface area contributed by atoms with Crippen molar-refractivity contribution in [2.75, 3.05) is 12.4 Å². The highest BCUT2D eigenvalue weighted by Gasteiger charge is 2.33. The number of hydrogen-bond acceptors (Lipinski definition) is 1. The Balaban J connectivity index is 2.10. The van der Waals surface area contributed by atoms with Gasteiger partial charge in [-0.2, -0.15) is 0 Å². The molecule has 0 saturated heterocycles. The second-order valence-corrected chi connectivity index (χ2v) is 7.03. The number of amides is 1. The Morgan fingerprint density at radius 3 is 2.91 bits per heavy atom. The fourth-order valence-electron chi connectivity index (χ4n) is 3.41. The number of aromatic amines is 1. The first kappa shape index (κ1) is 15.7. The molecule has 1 aromatic carbocycles. The van der Waals surface area contributed by atoms with E-state index >= 15 is 0 Å². The zero-order valence-electron chi connectivity index (χ0n) is 12.8. The van der Waals surface area contributed by atoms with Gasteiger partial charge in [0.05, 0.1) is 6.04 Å². The fourth-order valence-corrected chi connectivity index (χ4v) is 3.73. The van der Waals surface area contributed by atoms with E-state index in [0.717, 1.165) is 35.6 Å². The molecule has 1 N–H and O–H groups in total. The normalized spacial score (nSPS) is 18.0. The summed E-state index contributed by atoms with van der Waals surface area (Å²) in [6, 6.07) is 5.99. The van der Waals surface area contributed by atoms with Gasteiger partial charge in [0, 0.05) is 28.2 Å². The van der Waals surface area contributed by atoms with Crippen LogP contribution in [0.3, 0.4) is 0 Å². The maximum atomic E-state index is 12.2. The summed E-state index contributed by atoms with van der Waals surface area (Å²) >= 11 is 11.9. The first-order valence-corrected chi connectivity index (χ1v) is 8.58. The first-order valence-electron chi connectivity index (χ1n) is 7.66. The standard InChI is InChI=1S/C17H20Cl2N2O/c1-10(2)7-15-17-12(5-6-21(15)16(22)9-18)13-8-11(19)3-4-14(13)20-17/h3-4,8,10,15,20H,5-7,9H2,1-2H3. The number of fused-ring (bicyclic) bond motifs is 3. The van der Waals surface area contributed by atoms with Gasteiger partial charge >= 0.3 is 0 Å². The van der Waals surface area contributed by atoms with E-state index < -0.39 is 0 Å². The minimum atomic E-state index is 0.00894. The SMILES string of the molecule is CC(C)CC1c2[nH]c3ccc(Cl)cc3c2CCN1C(=O)CCl. The highest BCUT2D eigenvalue weighted by Crippen LogP contribution is 2.38. The summed E-state index contributed by atoms with van der Waals surface area (Å²) in [5.74, 6) is 0.543. The van der Waals surface area contributed by atoms with E-state index in [0.29, 0.717) is 5.92 Å². The molecule has 1 unspecified atom stereocenters. The Kier molecular flexibility index (Phi) is 4.37. The monoisotopic (exact) mass is 338 g/mol. The lowest BCUT2D eigenvalue weighted by Crippen LogP contribution is -2.41. The molecule has 5 heteroatoms. The highest BCUT2D eigenvalue weighted by molar-refractivity contribution is 6.31. The van der Waals surface area contributed by atoms with Crippen molar-refractivity contribution in [1.82, 2.24) is 9.88 Å². The van der Waals surface area contributed by atoms with Crippen LogP contribution in [0.25, 0.3) is 10.9 Å². The molecule has 2 aromatic rings. The minimum absolute atomic E-state index is 0.00894. The quantitative estimate of drug-likeness (QED) is 0.820. The molecule has 3 nitrogen and oxygen atoms in total. The van der Waals surface area contributed by atoms with E-state index in [2.05, 4.69) is 18.8 Å². The van der Waals surface area contributed by atoms with Crippen LogP contribution in [0.4, 0.5) is 0 Å². The van der Waals surface area contributed by atoms with Crippen LogP contribution >= 0.6 is 23.2 Å². The van der Waals surface area contributed by atoms with Crippen molar-refractivity contribution in [2.24, 2.45) is 5.92 Å². The van der Waals surface area contributed by atoms with Gasteiger partial charge in [-0.25, -0.2) is 0 Å². The van der Waals surface area contributed by atoms with Crippen LogP contribution in [0.2, 0.25) is 5.02 Å². The summed E-state index contributed by atoms with van der Waals surface area (Å²) in [5, 5.41) is 1.92. The van der Waals surface area contributed by atoms with Crippen LogP contribution < -0.4 is 0 Å². The summed E-state index contributed by atoms with van der Waals surface area (Å²) < 4.78 is 0. The summed E-state index contributed by atoms with van der Waals surface area (Å²) in [4.78, 5) is 17.6. The molecule has 0 spiro atoms. The van der Waals surface area contributed by atoms with Crippen LogP contribution in [0.1, 0.15) is 37.6 Å². The molecule has 0 fully saturated rings. The second-order valence-electron chi connectivity index (χ2n) is 6.32. The van der Waals surface area contributed by atoms with E-state index in [-0.39, 0.29) is 17.8 Å². The average Bonchev–Trinajstić information content (AvgIpc) is 2.85. The zero-order valence-corrected chi connectivity index (χ0v) is 14.3. The molecule has 1 aliphatic rings. The summed E-state index contributed by atoms with van der Waals surface area (Å²) in [6.45, 7) is 5.07. The van der Waals surface area contributed by atoms with E-state index in [1.807, 2.05) is 23.1 Å². The van der Waals surface area contributed by atoms with Gasteiger partial charge < -0.3 is 9.88 Å². The van der Waals surface area contributed by atoms with E-state index in [4.69, 9.17) is 23.2 Å². The van der Waals surface area contributed by atoms with Crippen molar-refractivity contribution in [2.45, 2.75) is 32.7 Å². The maximum Gasteiger partial charge on any atom is 0.238 e. The van der Waals surface area contributed by atoms with Crippen molar-refractivity contribution in [3.05, 3.63) is 34.5 Å². The number of alkyl halides is 1. The molecule has 0 aliphatic carbocycles. The minimum Gasteiger partial charge on any atom is -0.356 e. The van der Waals surface area contributed by atoms with Gasteiger partial charge in [-0.05, 0) is 42.5 Å². The number of carbonyl (C=O) groups excluding carboxylic acids is 1. The van der Waals surface area contributed by atoms with Crippen molar-refractivity contribution in [3.8, 4) is 0 Å². The first-order chi connectivity index (χ1) is 10.5. The van der Waals surface area contributed by atoms with Crippen molar-refractivity contribution in [1.29, 1.82) is 0 Å². The maximum absolute atomic E-state index is 12.2. The van der Waals surface area contributed by atoms with Gasteiger partial charge in [0.15, 0.2) is 0 Å². The molecule has 118 valence electrons. The molecule has 1 aromatic heterocycles.